The van der Waals surface area contributed by atoms with Crippen molar-refractivity contribution in [3.8, 4) is 11.4 Å². The summed E-state index contributed by atoms with van der Waals surface area (Å²) in [6.07, 6.45) is 3.25. The van der Waals surface area contributed by atoms with Crippen LogP contribution in [-0.4, -0.2) is 27.7 Å². The molecule has 0 unspecified atom stereocenters. The highest BCUT2D eigenvalue weighted by Crippen LogP contribution is 2.24. The van der Waals surface area contributed by atoms with Gasteiger partial charge in [-0.05, 0) is 54.8 Å². The number of ether oxygens (including phenoxy) is 1. The highest BCUT2D eigenvalue weighted by Gasteiger charge is 2.19. The van der Waals surface area contributed by atoms with Gasteiger partial charge in [-0.15, -0.1) is 0 Å². The maximum atomic E-state index is 13.2. The molecule has 0 aliphatic carbocycles. The van der Waals surface area contributed by atoms with Crippen molar-refractivity contribution >= 4 is 29.3 Å². The van der Waals surface area contributed by atoms with Gasteiger partial charge in [0.05, 0.1) is 6.20 Å². The van der Waals surface area contributed by atoms with Crippen LogP contribution in [0.3, 0.4) is 0 Å². The number of carbonyl (C=O) groups excluding carboxylic acids is 2. The third-order valence-corrected chi connectivity index (χ3v) is 4.24. The molecule has 0 bridgehead atoms. The summed E-state index contributed by atoms with van der Waals surface area (Å²) >= 11 is 1.36. The summed E-state index contributed by atoms with van der Waals surface area (Å²) in [6, 6.07) is 12.2. The molecule has 3 rings (SSSR count). The van der Waals surface area contributed by atoms with Crippen molar-refractivity contribution < 1.29 is 18.7 Å². The quantitative estimate of drug-likeness (QED) is 0.410. The maximum absolute atomic E-state index is 13.2. The zero-order valence-corrected chi connectivity index (χ0v) is 15.4. The molecule has 0 saturated carbocycles. The lowest BCUT2D eigenvalue weighted by atomic mass is 10.3. The number of imidazole rings is 1. The predicted octanol–water partition coefficient (Wildman–Crippen LogP) is 3.91. The molecule has 1 N–H and O–H groups in total. The molecule has 1 heterocycles. The van der Waals surface area contributed by atoms with Crippen molar-refractivity contribution in [1.82, 2.24) is 9.55 Å². The number of esters is 1. The fourth-order valence-electron chi connectivity index (χ4n) is 2.43. The molecule has 0 atom stereocenters. The molecule has 8 heteroatoms. The molecule has 3 aromatic rings. The number of nitrogens with zero attached hydrogens (tertiary/aromatic N) is 2. The number of aromatic nitrogens is 2. The monoisotopic (exact) mass is 385 g/mol. The van der Waals surface area contributed by atoms with Crippen molar-refractivity contribution in [2.24, 2.45) is 0 Å². The van der Waals surface area contributed by atoms with Gasteiger partial charge in [-0.3, -0.25) is 9.36 Å². The van der Waals surface area contributed by atoms with E-state index in [0.717, 1.165) is 0 Å². The second-order valence-corrected chi connectivity index (χ2v) is 6.31. The lowest BCUT2D eigenvalue weighted by Gasteiger charge is -2.11. The van der Waals surface area contributed by atoms with Crippen LogP contribution in [0, 0.1) is 5.82 Å². The molecular weight excluding hydrogens is 369 g/mol. The molecule has 1 aromatic heterocycles. The Morgan fingerprint density at radius 3 is 2.37 bits per heavy atom. The van der Waals surface area contributed by atoms with Crippen LogP contribution in [0.5, 0.6) is 5.75 Å². The van der Waals surface area contributed by atoms with E-state index in [1.807, 2.05) is 6.26 Å². The summed E-state index contributed by atoms with van der Waals surface area (Å²) in [5, 5.41) is 3.21. The van der Waals surface area contributed by atoms with E-state index in [4.69, 9.17) is 4.74 Å². The van der Waals surface area contributed by atoms with Gasteiger partial charge in [-0.2, -0.15) is 0 Å². The second kappa shape index (κ2) is 8.05. The number of hydrogen-bond donors (Lipinski definition) is 1. The summed E-state index contributed by atoms with van der Waals surface area (Å²) in [5.74, 6) is -0.827. The van der Waals surface area contributed by atoms with Crippen LogP contribution in [0.15, 0.2) is 59.9 Å². The second-order valence-electron chi connectivity index (χ2n) is 5.54. The van der Waals surface area contributed by atoms with Crippen LogP contribution in [0.1, 0.15) is 17.4 Å². The number of benzene rings is 2. The van der Waals surface area contributed by atoms with Gasteiger partial charge in [0.15, 0.2) is 10.9 Å². The number of anilines is 1. The molecule has 0 fully saturated rings. The highest BCUT2D eigenvalue weighted by atomic mass is 32.2. The Morgan fingerprint density at radius 1 is 1.11 bits per heavy atom. The van der Waals surface area contributed by atoms with E-state index in [0.29, 0.717) is 22.3 Å². The van der Waals surface area contributed by atoms with Crippen LogP contribution in [0.4, 0.5) is 10.1 Å². The van der Waals surface area contributed by atoms with Crippen molar-refractivity contribution in [2.45, 2.75) is 12.1 Å². The number of thioether (sulfide) groups is 1. The minimum absolute atomic E-state index is 0.187. The molecule has 6 nitrogen and oxygen atoms in total. The maximum Gasteiger partial charge on any atom is 0.362 e. The van der Waals surface area contributed by atoms with Gasteiger partial charge in [0, 0.05) is 18.3 Å². The summed E-state index contributed by atoms with van der Waals surface area (Å²) in [7, 11) is 0. The Labute approximate surface area is 159 Å². The van der Waals surface area contributed by atoms with Gasteiger partial charge in [0.25, 0.3) is 0 Å². The number of amides is 1. The number of nitrogens with one attached hydrogen (secondary N) is 1. The van der Waals surface area contributed by atoms with Crippen LogP contribution in [0.2, 0.25) is 0 Å². The molecule has 0 spiro atoms. The van der Waals surface area contributed by atoms with E-state index in [1.54, 1.807) is 41.0 Å². The number of halogens is 1. The molecule has 0 saturated heterocycles. The smallest absolute Gasteiger partial charge is 0.362 e. The van der Waals surface area contributed by atoms with Crippen molar-refractivity contribution in [2.75, 3.05) is 11.6 Å². The van der Waals surface area contributed by atoms with Gasteiger partial charge in [0.1, 0.15) is 11.6 Å². The fraction of sp³-hybridized carbons (Fsp3) is 0.105. The first-order chi connectivity index (χ1) is 13.0. The predicted molar refractivity (Wildman–Crippen MR) is 101 cm³/mol. The normalized spacial score (nSPS) is 10.5. The van der Waals surface area contributed by atoms with Crippen molar-refractivity contribution in [3.63, 3.8) is 0 Å². The molecular formula is C19H16FN3O3S. The van der Waals surface area contributed by atoms with Crippen LogP contribution < -0.4 is 10.1 Å². The Morgan fingerprint density at radius 2 is 1.78 bits per heavy atom. The minimum atomic E-state index is -0.598. The zero-order chi connectivity index (χ0) is 19.4. The first kappa shape index (κ1) is 18.7. The Balaban J connectivity index is 1.86. The van der Waals surface area contributed by atoms with E-state index in [2.05, 4.69) is 10.3 Å². The third-order valence-electron chi connectivity index (χ3n) is 3.59. The van der Waals surface area contributed by atoms with Gasteiger partial charge in [-0.1, -0.05) is 11.8 Å². The van der Waals surface area contributed by atoms with Crippen LogP contribution >= 0.6 is 11.8 Å². The average molecular weight is 385 g/mol. The summed E-state index contributed by atoms with van der Waals surface area (Å²) in [4.78, 5) is 27.9. The van der Waals surface area contributed by atoms with E-state index in [-0.39, 0.29) is 17.4 Å². The Hall–Kier alpha value is -3.13. The summed E-state index contributed by atoms with van der Waals surface area (Å²) in [5.41, 5.74) is 1.42. The van der Waals surface area contributed by atoms with E-state index >= 15 is 0 Å². The minimum Gasteiger partial charge on any atom is -0.422 e. The molecule has 0 radical (unpaired) electrons. The third kappa shape index (κ3) is 4.35. The molecule has 27 heavy (non-hydrogen) atoms. The van der Waals surface area contributed by atoms with Crippen molar-refractivity contribution in [3.05, 3.63) is 66.2 Å². The van der Waals surface area contributed by atoms with Gasteiger partial charge < -0.3 is 10.1 Å². The molecule has 0 aliphatic rings. The molecule has 1 amide bonds. The first-order valence-corrected chi connectivity index (χ1v) is 9.18. The first-order valence-electron chi connectivity index (χ1n) is 7.95. The average Bonchev–Trinajstić information content (AvgIpc) is 3.08. The van der Waals surface area contributed by atoms with Gasteiger partial charge in [0.2, 0.25) is 5.91 Å². The molecule has 0 aliphatic heterocycles. The highest BCUT2D eigenvalue weighted by molar-refractivity contribution is 7.98. The fourth-order valence-corrected chi connectivity index (χ4v) is 2.98. The molecule has 138 valence electrons. The van der Waals surface area contributed by atoms with Crippen molar-refractivity contribution in [1.29, 1.82) is 0 Å². The zero-order valence-electron chi connectivity index (χ0n) is 14.6. The van der Waals surface area contributed by atoms with E-state index < -0.39 is 5.97 Å². The SMILES string of the molecule is CSc1ncc(C(=O)Oc2ccc(NC(C)=O)cc2)n1-c1ccc(F)cc1. The standard InChI is InChI=1S/C19H16FN3O3S/c1-12(24)22-14-5-9-16(10-6-14)26-18(25)17-11-21-19(27-2)23(17)15-7-3-13(20)4-8-15/h3-11H,1-2H3,(H,22,24). The van der Waals surface area contributed by atoms with Crippen LogP contribution in [0.25, 0.3) is 5.69 Å². The largest absolute Gasteiger partial charge is 0.422 e. The van der Waals surface area contributed by atoms with E-state index in [9.17, 15) is 14.0 Å². The topological polar surface area (TPSA) is 73.2 Å². The Kier molecular flexibility index (Phi) is 5.56. The van der Waals surface area contributed by atoms with Gasteiger partial charge in [-0.25, -0.2) is 14.2 Å². The lowest BCUT2D eigenvalue weighted by molar-refractivity contribution is -0.114. The number of hydrogen-bond acceptors (Lipinski definition) is 5. The number of carbonyl (C=O) groups is 2. The lowest BCUT2D eigenvalue weighted by Crippen LogP contribution is -2.14. The van der Waals surface area contributed by atoms with Gasteiger partial charge >= 0.3 is 5.97 Å². The summed E-state index contributed by atoms with van der Waals surface area (Å²) in [6.45, 7) is 1.41. The van der Waals surface area contributed by atoms with E-state index in [1.165, 1.54) is 37.0 Å². The number of rotatable bonds is 5. The Bertz CT molecular complexity index is 969. The summed E-state index contributed by atoms with van der Waals surface area (Å²) < 4.78 is 20.2. The molecule has 2 aromatic carbocycles. The van der Waals surface area contributed by atoms with Crippen LogP contribution in [-0.2, 0) is 4.79 Å².